The lowest BCUT2D eigenvalue weighted by Gasteiger charge is -2.33. The maximum Gasteiger partial charge on any atom is 0.237 e. The number of nitrogens with zero attached hydrogens (tertiary/aromatic N) is 1. The minimum Gasteiger partial charge on any atom is -0.508 e. The number of rotatable bonds is 4. The molecule has 0 aromatic heterocycles. The van der Waals surface area contributed by atoms with Gasteiger partial charge in [0.25, 0.3) is 0 Å². The van der Waals surface area contributed by atoms with Gasteiger partial charge in [-0.05, 0) is 31.5 Å². The summed E-state index contributed by atoms with van der Waals surface area (Å²) < 4.78 is 0. The molecule has 6 nitrogen and oxygen atoms in total. The number of carbonyl (C=O) groups excluding carboxylic acids is 2. The van der Waals surface area contributed by atoms with E-state index in [0.717, 1.165) is 25.3 Å². The average molecular weight is 292 g/mol. The Morgan fingerprint density at radius 1 is 1.33 bits per heavy atom. The van der Waals surface area contributed by atoms with Gasteiger partial charge in [-0.2, -0.15) is 0 Å². The van der Waals surface area contributed by atoms with Crippen molar-refractivity contribution in [2.45, 2.75) is 25.3 Å². The molecule has 0 bridgehead atoms. The summed E-state index contributed by atoms with van der Waals surface area (Å²) in [5, 5.41) is 21.6. The van der Waals surface area contributed by atoms with Gasteiger partial charge in [0.2, 0.25) is 5.91 Å². The molecular weight excluding hydrogens is 272 g/mol. The lowest BCUT2D eigenvalue weighted by molar-refractivity contribution is -0.126. The molecule has 6 heteroatoms. The molecule has 2 rings (SSSR count). The van der Waals surface area contributed by atoms with Crippen molar-refractivity contribution >= 4 is 11.7 Å². The standard InChI is InChI=1S/C15H20N2O4/c1-16-15(21)12-4-2-3-7-17(12)9-14(20)11-6-5-10(18)8-13(11)19/h5-6,8,12,18-19H,2-4,7,9H2,1H3,(H,16,21). The molecule has 1 aromatic carbocycles. The van der Waals surface area contributed by atoms with Crippen molar-refractivity contribution in [2.75, 3.05) is 20.1 Å². The molecular formula is C15H20N2O4. The molecule has 1 saturated heterocycles. The predicted molar refractivity (Wildman–Crippen MR) is 77.4 cm³/mol. The molecule has 0 aliphatic carbocycles. The first kappa shape index (κ1) is 15.3. The highest BCUT2D eigenvalue weighted by atomic mass is 16.3. The van der Waals surface area contributed by atoms with Gasteiger partial charge in [0.15, 0.2) is 5.78 Å². The third kappa shape index (κ3) is 3.52. The predicted octanol–water partition coefficient (Wildman–Crippen LogP) is 0.881. The van der Waals surface area contributed by atoms with Crippen LogP contribution in [0, 0.1) is 0 Å². The third-order valence-corrected chi connectivity index (χ3v) is 3.79. The number of likely N-dealkylation sites (tertiary alicyclic amines) is 1. The summed E-state index contributed by atoms with van der Waals surface area (Å²) in [6, 6.07) is 3.59. The number of aromatic hydroxyl groups is 2. The van der Waals surface area contributed by atoms with Crippen molar-refractivity contribution in [2.24, 2.45) is 0 Å². The van der Waals surface area contributed by atoms with Crippen LogP contribution in [-0.2, 0) is 4.79 Å². The van der Waals surface area contributed by atoms with Gasteiger partial charge in [-0.25, -0.2) is 0 Å². The number of phenols is 2. The van der Waals surface area contributed by atoms with Crippen LogP contribution in [0.2, 0.25) is 0 Å². The first-order valence-corrected chi connectivity index (χ1v) is 7.03. The Hall–Kier alpha value is -2.08. The number of hydrogen-bond acceptors (Lipinski definition) is 5. The van der Waals surface area contributed by atoms with E-state index < -0.39 is 0 Å². The van der Waals surface area contributed by atoms with E-state index in [1.807, 2.05) is 4.90 Å². The topological polar surface area (TPSA) is 89.9 Å². The van der Waals surface area contributed by atoms with E-state index in [0.29, 0.717) is 6.54 Å². The zero-order chi connectivity index (χ0) is 15.4. The maximum atomic E-state index is 12.3. The highest BCUT2D eigenvalue weighted by Gasteiger charge is 2.29. The largest absolute Gasteiger partial charge is 0.508 e. The molecule has 1 fully saturated rings. The van der Waals surface area contributed by atoms with Crippen molar-refractivity contribution in [3.63, 3.8) is 0 Å². The van der Waals surface area contributed by atoms with Crippen molar-refractivity contribution in [3.05, 3.63) is 23.8 Å². The lowest BCUT2D eigenvalue weighted by atomic mass is 10.00. The van der Waals surface area contributed by atoms with E-state index in [1.54, 1.807) is 7.05 Å². The Morgan fingerprint density at radius 2 is 2.10 bits per heavy atom. The van der Waals surface area contributed by atoms with Gasteiger partial charge in [0, 0.05) is 13.1 Å². The van der Waals surface area contributed by atoms with Gasteiger partial charge in [0.05, 0.1) is 18.2 Å². The minimum absolute atomic E-state index is 0.0798. The smallest absolute Gasteiger partial charge is 0.237 e. The molecule has 1 aromatic rings. The van der Waals surface area contributed by atoms with E-state index in [2.05, 4.69) is 5.32 Å². The molecule has 0 radical (unpaired) electrons. The van der Waals surface area contributed by atoms with Crippen LogP contribution in [-0.4, -0.2) is 53.0 Å². The Balaban J connectivity index is 2.11. The zero-order valence-corrected chi connectivity index (χ0v) is 12.0. The first-order valence-electron chi connectivity index (χ1n) is 7.03. The van der Waals surface area contributed by atoms with Gasteiger partial charge < -0.3 is 15.5 Å². The van der Waals surface area contributed by atoms with Crippen LogP contribution < -0.4 is 5.32 Å². The Bertz CT molecular complexity index is 544. The molecule has 0 spiro atoms. The van der Waals surface area contributed by atoms with Crippen LogP contribution in [0.15, 0.2) is 18.2 Å². The van der Waals surface area contributed by atoms with Crippen molar-refractivity contribution in [1.82, 2.24) is 10.2 Å². The fraction of sp³-hybridized carbons (Fsp3) is 0.467. The van der Waals surface area contributed by atoms with E-state index in [1.165, 1.54) is 12.1 Å². The lowest BCUT2D eigenvalue weighted by Crippen LogP contribution is -2.50. The molecule has 21 heavy (non-hydrogen) atoms. The molecule has 114 valence electrons. The number of carbonyl (C=O) groups is 2. The van der Waals surface area contributed by atoms with Gasteiger partial charge in [0.1, 0.15) is 11.5 Å². The van der Waals surface area contributed by atoms with Crippen LogP contribution in [0.3, 0.4) is 0 Å². The summed E-state index contributed by atoms with van der Waals surface area (Å²) in [5.74, 6) is -0.681. The SMILES string of the molecule is CNC(=O)C1CCCCN1CC(=O)c1ccc(O)cc1O. The summed E-state index contributed by atoms with van der Waals surface area (Å²) >= 11 is 0. The Labute approximate surface area is 123 Å². The maximum absolute atomic E-state index is 12.3. The van der Waals surface area contributed by atoms with Crippen LogP contribution >= 0.6 is 0 Å². The number of nitrogens with one attached hydrogen (secondary N) is 1. The number of hydrogen-bond donors (Lipinski definition) is 3. The molecule has 1 aliphatic heterocycles. The number of phenolic OH excluding ortho intramolecular Hbond substituents is 2. The number of amides is 1. The summed E-state index contributed by atoms with van der Waals surface area (Å²) in [4.78, 5) is 26.0. The van der Waals surface area contributed by atoms with E-state index >= 15 is 0 Å². The summed E-state index contributed by atoms with van der Waals surface area (Å²) in [6.45, 7) is 0.763. The molecule has 3 N–H and O–H groups in total. The second-order valence-electron chi connectivity index (χ2n) is 5.22. The first-order chi connectivity index (χ1) is 10.0. The molecule has 1 unspecified atom stereocenters. The number of Topliss-reactive ketones (excluding diaryl/α,β-unsaturated/α-hetero) is 1. The third-order valence-electron chi connectivity index (χ3n) is 3.79. The number of ketones is 1. The van der Waals surface area contributed by atoms with Crippen molar-refractivity contribution in [3.8, 4) is 11.5 Å². The monoisotopic (exact) mass is 292 g/mol. The molecule has 1 heterocycles. The highest BCUT2D eigenvalue weighted by molar-refractivity contribution is 6.00. The molecule has 1 aliphatic rings. The highest BCUT2D eigenvalue weighted by Crippen LogP contribution is 2.24. The van der Waals surface area contributed by atoms with Crippen LogP contribution in [0.4, 0.5) is 0 Å². The molecule has 1 amide bonds. The van der Waals surface area contributed by atoms with Gasteiger partial charge in [-0.3, -0.25) is 14.5 Å². The second kappa shape index (κ2) is 6.58. The summed E-state index contributed by atoms with van der Waals surface area (Å²) in [7, 11) is 1.59. The van der Waals surface area contributed by atoms with Gasteiger partial charge >= 0.3 is 0 Å². The quantitative estimate of drug-likeness (QED) is 0.717. The fourth-order valence-corrected chi connectivity index (χ4v) is 2.67. The van der Waals surface area contributed by atoms with Gasteiger partial charge in [-0.1, -0.05) is 6.42 Å². The Morgan fingerprint density at radius 3 is 2.76 bits per heavy atom. The fourth-order valence-electron chi connectivity index (χ4n) is 2.67. The van der Waals surface area contributed by atoms with Crippen molar-refractivity contribution < 1.29 is 19.8 Å². The number of likely N-dealkylation sites (N-methyl/N-ethyl adjacent to an activating group) is 1. The van der Waals surface area contributed by atoms with Crippen LogP contribution in [0.25, 0.3) is 0 Å². The van der Waals surface area contributed by atoms with E-state index in [-0.39, 0.29) is 41.3 Å². The molecule has 1 atom stereocenters. The van der Waals surface area contributed by atoms with Gasteiger partial charge in [-0.15, -0.1) is 0 Å². The van der Waals surface area contributed by atoms with Crippen molar-refractivity contribution in [1.29, 1.82) is 0 Å². The number of benzene rings is 1. The summed E-state index contributed by atoms with van der Waals surface area (Å²) in [6.07, 6.45) is 2.64. The van der Waals surface area contributed by atoms with E-state index in [9.17, 15) is 19.8 Å². The zero-order valence-electron chi connectivity index (χ0n) is 12.0. The second-order valence-corrected chi connectivity index (χ2v) is 5.22. The minimum atomic E-state index is -0.299. The van der Waals surface area contributed by atoms with Crippen LogP contribution in [0.5, 0.6) is 11.5 Å². The normalized spacial score (nSPS) is 19.2. The molecule has 0 saturated carbocycles. The van der Waals surface area contributed by atoms with E-state index in [4.69, 9.17) is 0 Å². The van der Waals surface area contributed by atoms with Crippen LogP contribution in [0.1, 0.15) is 29.6 Å². The Kier molecular flexibility index (Phi) is 4.80. The average Bonchev–Trinajstić information content (AvgIpc) is 2.46. The number of piperidine rings is 1. The summed E-state index contributed by atoms with van der Waals surface area (Å²) in [5.41, 5.74) is 0.161.